The highest BCUT2D eigenvalue weighted by molar-refractivity contribution is 5.87. The van der Waals surface area contributed by atoms with Gasteiger partial charge in [-0.1, -0.05) is 12.1 Å². The molecule has 20 heavy (non-hydrogen) atoms. The van der Waals surface area contributed by atoms with Gasteiger partial charge in [-0.3, -0.25) is 5.10 Å². The molecule has 8 heteroatoms. The summed E-state index contributed by atoms with van der Waals surface area (Å²) in [4.78, 5) is 15.5. The predicted molar refractivity (Wildman–Crippen MR) is 75.6 cm³/mol. The minimum Gasteiger partial charge on any atom is -0.382 e. The highest BCUT2D eigenvalue weighted by Crippen LogP contribution is 2.24. The van der Waals surface area contributed by atoms with Gasteiger partial charge in [0.25, 0.3) is 0 Å². The van der Waals surface area contributed by atoms with E-state index >= 15 is 0 Å². The van der Waals surface area contributed by atoms with Crippen LogP contribution in [0.5, 0.6) is 0 Å². The zero-order valence-corrected chi connectivity index (χ0v) is 10.3. The van der Waals surface area contributed by atoms with Gasteiger partial charge in [-0.15, -0.1) is 0 Å². The van der Waals surface area contributed by atoms with Crippen LogP contribution in [-0.2, 0) is 0 Å². The van der Waals surface area contributed by atoms with Crippen LogP contribution in [0, 0.1) is 0 Å². The van der Waals surface area contributed by atoms with Gasteiger partial charge in [0.05, 0.1) is 11.7 Å². The maximum Gasteiger partial charge on any atom is 0.224 e. The summed E-state index contributed by atoms with van der Waals surface area (Å²) in [7, 11) is 0. The van der Waals surface area contributed by atoms with Crippen molar-refractivity contribution in [1.82, 2.24) is 30.1 Å². The van der Waals surface area contributed by atoms with Crippen molar-refractivity contribution in [3.63, 3.8) is 0 Å². The number of nitrogens with zero attached hydrogens (tertiary/aromatic N) is 4. The van der Waals surface area contributed by atoms with Gasteiger partial charge in [-0.2, -0.15) is 15.1 Å². The van der Waals surface area contributed by atoms with E-state index in [0.29, 0.717) is 17.0 Å². The molecule has 0 amide bonds. The van der Waals surface area contributed by atoms with E-state index in [-0.39, 0.29) is 11.8 Å². The summed E-state index contributed by atoms with van der Waals surface area (Å²) in [5.74, 6) is 1.05. The predicted octanol–water partition coefficient (Wildman–Crippen LogP) is 1.06. The monoisotopic (exact) mass is 266 g/mol. The summed E-state index contributed by atoms with van der Waals surface area (Å²) >= 11 is 0. The minimum absolute atomic E-state index is 0.108. The molecule has 0 aliphatic rings. The first kappa shape index (κ1) is 10.7. The van der Waals surface area contributed by atoms with Gasteiger partial charge in [-0.05, 0) is 6.07 Å². The number of H-pyrrole nitrogens is 2. The fourth-order valence-electron chi connectivity index (χ4n) is 2.16. The van der Waals surface area contributed by atoms with Crippen LogP contribution in [0.2, 0.25) is 0 Å². The number of aromatic nitrogens is 6. The molecule has 0 atom stereocenters. The van der Waals surface area contributed by atoms with Crippen molar-refractivity contribution in [3.05, 3.63) is 24.4 Å². The molecule has 0 bridgehead atoms. The molecule has 3 aromatic heterocycles. The largest absolute Gasteiger partial charge is 0.382 e. The number of nitrogen functional groups attached to an aromatic ring is 2. The Morgan fingerprint density at radius 2 is 1.95 bits per heavy atom. The van der Waals surface area contributed by atoms with Crippen molar-refractivity contribution in [2.45, 2.75) is 0 Å². The third kappa shape index (κ3) is 1.48. The SMILES string of the molecule is Nc1nc(N)c2[nH]c(-c3ccc4cn[nH]c4c3)nc2n1. The van der Waals surface area contributed by atoms with Gasteiger partial charge >= 0.3 is 0 Å². The molecule has 0 unspecified atom stereocenters. The van der Waals surface area contributed by atoms with Gasteiger partial charge in [0, 0.05) is 10.9 Å². The number of nitrogens with one attached hydrogen (secondary N) is 2. The number of benzene rings is 1. The van der Waals surface area contributed by atoms with E-state index in [1.165, 1.54) is 0 Å². The van der Waals surface area contributed by atoms with E-state index in [2.05, 4.69) is 30.1 Å². The Morgan fingerprint density at radius 3 is 2.85 bits per heavy atom. The van der Waals surface area contributed by atoms with E-state index in [1.807, 2.05) is 18.2 Å². The van der Waals surface area contributed by atoms with E-state index in [1.54, 1.807) is 6.20 Å². The number of anilines is 2. The number of aromatic amines is 2. The van der Waals surface area contributed by atoms with E-state index in [0.717, 1.165) is 16.5 Å². The quantitative estimate of drug-likeness (QED) is 0.407. The molecule has 8 nitrogen and oxygen atoms in total. The molecule has 0 fully saturated rings. The van der Waals surface area contributed by atoms with E-state index < -0.39 is 0 Å². The van der Waals surface area contributed by atoms with Gasteiger partial charge in [0.1, 0.15) is 11.3 Å². The Kier molecular flexibility index (Phi) is 1.97. The zero-order chi connectivity index (χ0) is 13.7. The molecular formula is C12H10N8. The van der Waals surface area contributed by atoms with Crippen LogP contribution >= 0.6 is 0 Å². The maximum atomic E-state index is 5.80. The van der Waals surface area contributed by atoms with Crippen LogP contribution in [-0.4, -0.2) is 30.1 Å². The Labute approximate surface area is 112 Å². The lowest BCUT2D eigenvalue weighted by atomic mass is 10.1. The highest BCUT2D eigenvalue weighted by atomic mass is 15.1. The van der Waals surface area contributed by atoms with E-state index in [9.17, 15) is 0 Å². The smallest absolute Gasteiger partial charge is 0.224 e. The second-order valence-electron chi connectivity index (χ2n) is 4.42. The molecule has 0 aliphatic carbocycles. The van der Waals surface area contributed by atoms with Crippen molar-refractivity contribution in [3.8, 4) is 11.4 Å². The molecule has 0 saturated carbocycles. The fourth-order valence-corrected chi connectivity index (χ4v) is 2.16. The first-order valence-corrected chi connectivity index (χ1v) is 5.93. The summed E-state index contributed by atoms with van der Waals surface area (Å²) in [5.41, 5.74) is 14.2. The van der Waals surface area contributed by atoms with Crippen LogP contribution in [0.15, 0.2) is 24.4 Å². The number of hydrogen-bond donors (Lipinski definition) is 4. The average molecular weight is 266 g/mol. The highest BCUT2D eigenvalue weighted by Gasteiger charge is 2.11. The summed E-state index contributed by atoms with van der Waals surface area (Å²) in [5, 5.41) is 7.95. The van der Waals surface area contributed by atoms with Crippen molar-refractivity contribution in [1.29, 1.82) is 0 Å². The number of nitrogens with two attached hydrogens (primary N) is 2. The zero-order valence-electron chi connectivity index (χ0n) is 10.3. The Morgan fingerprint density at radius 1 is 1.05 bits per heavy atom. The molecule has 1 aromatic carbocycles. The van der Waals surface area contributed by atoms with Gasteiger partial charge < -0.3 is 16.5 Å². The molecule has 98 valence electrons. The summed E-state index contributed by atoms with van der Waals surface area (Å²) in [6.07, 6.45) is 1.77. The van der Waals surface area contributed by atoms with Crippen LogP contribution in [0.1, 0.15) is 0 Å². The molecular weight excluding hydrogens is 256 g/mol. The lowest BCUT2D eigenvalue weighted by molar-refractivity contribution is 1.12. The minimum atomic E-state index is 0.108. The third-order valence-corrected chi connectivity index (χ3v) is 3.11. The molecule has 0 saturated heterocycles. The summed E-state index contributed by atoms with van der Waals surface area (Å²) < 4.78 is 0. The van der Waals surface area contributed by atoms with Crippen LogP contribution < -0.4 is 11.5 Å². The van der Waals surface area contributed by atoms with Crippen molar-refractivity contribution < 1.29 is 0 Å². The first-order valence-electron chi connectivity index (χ1n) is 5.93. The molecule has 6 N–H and O–H groups in total. The second kappa shape index (κ2) is 3.67. The van der Waals surface area contributed by atoms with E-state index in [4.69, 9.17) is 11.5 Å². The molecule has 3 heterocycles. The normalized spacial score (nSPS) is 11.4. The van der Waals surface area contributed by atoms with Crippen molar-refractivity contribution in [2.24, 2.45) is 0 Å². The fraction of sp³-hybridized carbons (Fsp3) is 0. The van der Waals surface area contributed by atoms with Gasteiger partial charge in [0.2, 0.25) is 5.95 Å². The lowest BCUT2D eigenvalue weighted by Crippen LogP contribution is -1.99. The van der Waals surface area contributed by atoms with Crippen LogP contribution in [0.25, 0.3) is 33.5 Å². The van der Waals surface area contributed by atoms with Gasteiger partial charge in [-0.25, -0.2) is 4.98 Å². The Bertz CT molecular complexity index is 935. The molecule has 0 aliphatic heterocycles. The summed E-state index contributed by atoms with van der Waals surface area (Å²) in [6, 6.07) is 5.86. The molecule has 4 rings (SSSR count). The molecule has 4 aromatic rings. The van der Waals surface area contributed by atoms with Crippen LogP contribution in [0.3, 0.4) is 0 Å². The number of hydrogen-bond acceptors (Lipinski definition) is 6. The number of fused-ring (bicyclic) bond motifs is 2. The van der Waals surface area contributed by atoms with Crippen molar-refractivity contribution >= 4 is 33.8 Å². The molecule has 0 spiro atoms. The number of imidazole rings is 1. The topological polar surface area (TPSA) is 135 Å². The first-order chi connectivity index (χ1) is 9.70. The molecule has 0 radical (unpaired) electrons. The third-order valence-electron chi connectivity index (χ3n) is 3.11. The Balaban J connectivity index is 1.94. The number of rotatable bonds is 1. The Hall–Kier alpha value is -3.16. The standard InChI is InChI=1S/C12H10N8/c13-9-8-11(19-12(14)17-9)18-10(16-8)5-1-2-6-4-15-20-7(6)3-5/h1-4H,(H,15,20)(H5,13,14,16,17,18,19). The maximum absolute atomic E-state index is 5.80. The van der Waals surface area contributed by atoms with Crippen molar-refractivity contribution in [2.75, 3.05) is 11.5 Å². The second-order valence-corrected chi connectivity index (χ2v) is 4.42. The van der Waals surface area contributed by atoms with Crippen LogP contribution in [0.4, 0.5) is 11.8 Å². The average Bonchev–Trinajstić information content (AvgIpc) is 3.03. The summed E-state index contributed by atoms with van der Waals surface area (Å²) in [6.45, 7) is 0. The lowest BCUT2D eigenvalue weighted by Gasteiger charge is -1.96. The van der Waals surface area contributed by atoms with Gasteiger partial charge in [0.15, 0.2) is 11.5 Å².